The van der Waals surface area contributed by atoms with E-state index in [0.29, 0.717) is 5.92 Å². The molecule has 1 heteroatoms. The first-order chi connectivity index (χ1) is 13.0. The molecule has 1 aromatic rings. The van der Waals surface area contributed by atoms with Gasteiger partial charge in [0, 0.05) is 5.57 Å². The summed E-state index contributed by atoms with van der Waals surface area (Å²) in [4.78, 5) is 12.0. The molecule has 0 aliphatic heterocycles. The van der Waals surface area contributed by atoms with Crippen molar-refractivity contribution in [2.24, 2.45) is 0 Å². The Labute approximate surface area is 166 Å². The van der Waals surface area contributed by atoms with Crippen LogP contribution in [0, 0.1) is 0 Å². The van der Waals surface area contributed by atoms with Crippen molar-refractivity contribution in [1.29, 1.82) is 0 Å². The molecular formula is C26H36O. The van der Waals surface area contributed by atoms with E-state index >= 15 is 0 Å². The highest BCUT2D eigenvalue weighted by atomic mass is 16.1. The third-order valence-electron chi connectivity index (χ3n) is 5.00. The summed E-state index contributed by atoms with van der Waals surface area (Å²) in [6.07, 6.45) is 13.7. The summed E-state index contributed by atoms with van der Waals surface area (Å²) < 4.78 is 0. The Morgan fingerprint density at radius 3 is 2.37 bits per heavy atom. The van der Waals surface area contributed by atoms with Crippen LogP contribution in [0.3, 0.4) is 0 Å². The average molecular weight is 365 g/mol. The number of allylic oxidation sites excluding steroid dienone is 7. The molecule has 146 valence electrons. The first-order valence-electron chi connectivity index (χ1n) is 10.3. The third-order valence-corrected chi connectivity index (χ3v) is 5.00. The van der Waals surface area contributed by atoms with Crippen LogP contribution in [0.5, 0.6) is 0 Å². The van der Waals surface area contributed by atoms with Gasteiger partial charge < -0.3 is 0 Å². The number of benzene rings is 1. The molecule has 0 spiro atoms. The number of rotatable bonds is 10. The highest BCUT2D eigenvalue weighted by Gasteiger charge is 2.11. The summed E-state index contributed by atoms with van der Waals surface area (Å²) in [5.41, 5.74) is 6.68. The number of hydrogen-bond donors (Lipinski definition) is 0. The zero-order valence-electron chi connectivity index (χ0n) is 18.0. The number of carbonyl (C=O) groups excluding carboxylic acids is 1. The first-order valence-corrected chi connectivity index (χ1v) is 10.3. The summed E-state index contributed by atoms with van der Waals surface area (Å²) in [6, 6.07) is 8.41. The molecule has 0 aromatic heterocycles. The lowest BCUT2D eigenvalue weighted by Crippen LogP contribution is -1.98. The van der Waals surface area contributed by atoms with Crippen LogP contribution in [0.1, 0.15) is 84.3 Å². The molecule has 0 amide bonds. The molecule has 0 aliphatic rings. The van der Waals surface area contributed by atoms with Crippen LogP contribution in [0.4, 0.5) is 0 Å². The summed E-state index contributed by atoms with van der Waals surface area (Å²) in [5, 5.41) is 0. The van der Waals surface area contributed by atoms with E-state index in [4.69, 9.17) is 0 Å². The van der Waals surface area contributed by atoms with E-state index in [2.05, 4.69) is 84.0 Å². The summed E-state index contributed by atoms with van der Waals surface area (Å²) in [5.74, 6) is 0.469. The van der Waals surface area contributed by atoms with E-state index in [9.17, 15) is 4.79 Å². The van der Waals surface area contributed by atoms with Crippen molar-refractivity contribution in [1.82, 2.24) is 0 Å². The fraction of sp³-hybridized carbons (Fsp3) is 0.423. The van der Waals surface area contributed by atoms with Gasteiger partial charge in [-0.1, -0.05) is 82.2 Å². The Hall–Kier alpha value is -2.15. The molecule has 0 saturated heterocycles. The Balaban J connectivity index is 3.48. The quantitative estimate of drug-likeness (QED) is 0.235. The van der Waals surface area contributed by atoms with Crippen LogP contribution in [-0.4, -0.2) is 6.29 Å². The predicted molar refractivity (Wildman–Crippen MR) is 120 cm³/mol. The van der Waals surface area contributed by atoms with Crippen molar-refractivity contribution in [3.63, 3.8) is 0 Å². The largest absolute Gasteiger partial charge is 0.298 e. The van der Waals surface area contributed by atoms with Crippen LogP contribution in [0.2, 0.25) is 0 Å². The van der Waals surface area contributed by atoms with E-state index in [1.807, 2.05) is 6.07 Å². The monoisotopic (exact) mass is 364 g/mol. The third kappa shape index (κ3) is 7.17. The van der Waals surface area contributed by atoms with Gasteiger partial charge in [0.1, 0.15) is 0 Å². The topological polar surface area (TPSA) is 17.1 Å². The van der Waals surface area contributed by atoms with Gasteiger partial charge in [0.05, 0.1) is 0 Å². The highest BCUT2D eigenvalue weighted by Crippen LogP contribution is 2.27. The van der Waals surface area contributed by atoms with E-state index in [1.165, 1.54) is 11.1 Å². The maximum atomic E-state index is 12.0. The van der Waals surface area contributed by atoms with Gasteiger partial charge in [-0.2, -0.15) is 0 Å². The summed E-state index contributed by atoms with van der Waals surface area (Å²) in [7, 11) is 0. The van der Waals surface area contributed by atoms with Crippen LogP contribution in [0.25, 0.3) is 6.08 Å². The van der Waals surface area contributed by atoms with Crippen molar-refractivity contribution < 1.29 is 4.79 Å². The van der Waals surface area contributed by atoms with Crippen molar-refractivity contribution in [3.8, 4) is 0 Å². The van der Waals surface area contributed by atoms with Gasteiger partial charge in [0.25, 0.3) is 0 Å². The molecule has 0 N–H and O–H groups in total. The molecule has 0 radical (unpaired) electrons. The van der Waals surface area contributed by atoms with E-state index in [0.717, 1.165) is 54.3 Å². The summed E-state index contributed by atoms with van der Waals surface area (Å²) in [6.45, 7) is 13.0. The van der Waals surface area contributed by atoms with Gasteiger partial charge in [0.15, 0.2) is 6.29 Å². The second-order valence-corrected chi connectivity index (χ2v) is 7.29. The lowest BCUT2D eigenvalue weighted by Gasteiger charge is -2.14. The molecule has 0 bridgehead atoms. The van der Waals surface area contributed by atoms with Crippen molar-refractivity contribution in [2.45, 2.75) is 73.1 Å². The van der Waals surface area contributed by atoms with Gasteiger partial charge in [-0.3, -0.25) is 4.79 Å². The van der Waals surface area contributed by atoms with Gasteiger partial charge in [-0.15, -0.1) is 0 Å². The second kappa shape index (κ2) is 12.3. The maximum absolute atomic E-state index is 12.0. The standard InChI is InChI=1S/C26H36O/c1-7-12-20(4)16-17-26(22(6)13-8-2)24(19-27)18-23-14-10-11-15-25(23)21(5)9-3/h10-11,13-19,21H,7-9,12H2,1-6H3/b20-16-,22-13-,24-18+,26-17+. The maximum Gasteiger partial charge on any atom is 0.150 e. The van der Waals surface area contributed by atoms with E-state index in [-0.39, 0.29) is 0 Å². The van der Waals surface area contributed by atoms with Crippen molar-refractivity contribution in [3.05, 3.63) is 75.9 Å². The van der Waals surface area contributed by atoms with Crippen molar-refractivity contribution >= 4 is 12.4 Å². The van der Waals surface area contributed by atoms with Gasteiger partial charge in [0.2, 0.25) is 0 Å². The Morgan fingerprint density at radius 2 is 1.78 bits per heavy atom. The van der Waals surface area contributed by atoms with E-state index < -0.39 is 0 Å². The van der Waals surface area contributed by atoms with Gasteiger partial charge >= 0.3 is 0 Å². The fourth-order valence-electron chi connectivity index (χ4n) is 3.23. The smallest absolute Gasteiger partial charge is 0.150 e. The zero-order valence-corrected chi connectivity index (χ0v) is 18.0. The minimum Gasteiger partial charge on any atom is -0.298 e. The molecule has 0 saturated carbocycles. The zero-order chi connectivity index (χ0) is 20.2. The summed E-state index contributed by atoms with van der Waals surface area (Å²) >= 11 is 0. The number of carbonyl (C=O) groups is 1. The van der Waals surface area contributed by atoms with Gasteiger partial charge in [-0.25, -0.2) is 0 Å². The van der Waals surface area contributed by atoms with Crippen molar-refractivity contribution in [2.75, 3.05) is 0 Å². The SMILES string of the molecule is CC\C=C(C)/C(=C\C=C(\C)CCC)C(/C=O)=C/c1ccccc1C(C)CC. The highest BCUT2D eigenvalue weighted by molar-refractivity contribution is 5.90. The Bertz CT molecular complexity index is 728. The van der Waals surface area contributed by atoms with Crippen LogP contribution < -0.4 is 0 Å². The minimum atomic E-state index is 0.469. The number of aldehydes is 1. The molecule has 1 nitrogen and oxygen atoms in total. The Kier molecular flexibility index (Phi) is 10.4. The molecule has 1 unspecified atom stereocenters. The van der Waals surface area contributed by atoms with Crippen LogP contribution in [0.15, 0.2) is 64.8 Å². The molecular weight excluding hydrogens is 328 g/mol. The molecule has 0 aliphatic carbocycles. The second-order valence-electron chi connectivity index (χ2n) is 7.29. The first kappa shape index (κ1) is 22.9. The lowest BCUT2D eigenvalue weighted by molar-refractivity contribution is -0.104. The molecule has 0 fully saturated rings. The minimum absolute atomic E-state index is 0.469. The molecule has 1 rings (SSSR count). The average Bonchev–Trinajstić information content (AvgIpc) is 2.67. The number of hydrogen-bond acceptors (Lipinski definition) is 1. The molecule has 1 aromatic carbocycles. The predicted octanol–water partition coefficient (Wildman–Crippen LogP) is 7.81. The Morgan fingerprint density at radius 1 is 1.07 bits per heavy atom. The molecule has 1 atom stereocenters. The normalized spacial score (nSPS) is 15.0. The van der Waals surface area contributed by atoms with Crippen LogP contribution in [-0.2, 0) is 4.79 Å². The molecule has 27 heavy (non-hydrogen) atoms. The lowest BCUT2D eigenvalue weighted by atomic mass is 9.90. The molecule has 0 heterocycles. The van der Waals surface area contributed by atoms with E-state index in [1.54, 1.807) is 0 Å². The van der Waals surface area contributed by atoms with Crippen LogP contribution >= 0.6 is 0 Å². The van der Waals surface area contributed by atoms with Gasteiger partial charge in [-0.05, 0) is 67.4 Å². The fourth-order valence-corrected chi connectivity index (χ4v) is 3.23.